The number of hydrogen-bond donors (Lipinski definition) is 2. The SMILES string of the molecule is CCC(CC)(CNCCCSC)NC(=O)OC(C)(C)C. The van der Waals surface area contributed by atoms with E-state index < -0.39 is 5.60 Å². The van der Waals surface area contributed by atoms with Crippen molar-refractivity contribution in [3.8, 4) is 0 Å². The highest BCUT2D eigenvalue weighted by atomic mass is 32.2. The number of thioether (sulfide) groups is 1. The van der Waals surface area contributed by atoms with E-state index in [2.05, 4.69) is 30.7 Å². The van der Waals surface area contributed by atoms with Gasteiger partial charge in [0.05, 0.1) is 5.54 Å². The Kier molecular flexibility index (Phi) is 9.30. The van der Waals surface area contributed by atoms with Crippen LogP contribution in [0.2, 0.25) is 0 Å². The van der Waals surface area contributed by atoms with Gasteiger partial charge in [-0.05, 0) is 58.6 Å². The Balaban J connectivity index is 4.33. The molecule has 5 heteroatoms. The maximum atomic E-state index is 12.0. The molecule has 0 spiro atoms. The summed E-state index contributed by atoms with van der Waals surface area (Å²) in [6, 6.07) is 0. The van der Waals surface area contributed by atoms with Crippen molar-refractivity contribution in [2.75, 3.05) is 25.1 Å². The van der Waals surface area contributed by atoms with E-state index in [-0.39, 0.29) is 11.6 Å². The lowest BCUT2D eigenvalue weighted by Crippen LogP contribution is -2.55. The molecule has 0 heterocycles. The summed E-state index contributed by atoms with van der Waals surface area (Å²) in [6.07, 6.45) is 4.72. The second-order valence-corrected chi connectivity index (χ2v) is 7.12. The van der Waals surface area contributed by atoms with Gasteiger partial charge in [-0.3, -0.25) is 0 Å². The molecule has 0 fully saturated rings. The monoisotopic (exact) mass is 304 g/mol. The molecule has 20 heavy (non-hydrogen) atoms. The number of ether oxygens (including phenoxy) is 1. The summed E-state index contributed by atoms with van der Waals surface area (Å²) in [5.74, 6) is 1.16. The zero-order valence-corrected chi connectivity index (χ0v) is 14.8. The molecule has 0 aromatic heterocycles. The topological polar surface area (TPSA) is 50.4 Å². The van der Waals surface area contributed by atoms with E-state index in [1.807, 2.05) is 32.5 Å². The molecule has 0 aliphatic carbocycles. The second kappa shape index (κ2) is 9.50. The van der Waals surface area contributed by atoms with Crippen LogP contribution in [0.3, 0.4) is 0 Å². The van der Waals surface area contributed by atoms with Crippen molar-refractivity contribution in [2.45, 2.75) is 65.0 Å². The molecule has 0 atom stereocenters. The normalized spacial score (nSPS) is 12.3. The van der Waals surface area contributed by atoms with Crippen LogP contribution in [-0.2, 0) is 4.74 Å². The van der Waals surface area contributed by atoms with Gasteiger partial charge >= 0.3 is 6.09 Å². The predicted octanol–water partition coefficient (Wildman–Crippen LogP) is 3.41. The van der Waals surface area contributed by atoms with E-state index in [0.717, 1.165) is 38.1 Å². The van der Waals surface area contributed by atoms with Gasteiger partial charge in [0.25, 0.3) is 0 Å². The van der Waals surface area contributed by atoms with Crippen LogP contribution < -0.4 is 10.6 Å². The Hall–Kier alpha value is -0.420. The maximum absolute atomic E-state index is 12.0. The maximum Gasteiger partial charge on any atom is 0.408 e. The van der Waals surface area contributed by atoms with Crippen LogP contribution in [0, 0.1) is 0 Å². The van der Waals surface area contributed by atoms with E-state index in [0.29, 0.717) is 0 Å². The van der Waals surface area contributed by atoms with E-state index in [4.69, 9.17) is 4.74 Å². The lowest BCUT2D eigenvalue weighted by molar-refractivity contribution is 0.0446. The number of alkyl carbamates (subject to hydrolysis) is 1. The average Bonchev–Trinajstić information content (AvgIpc) is 2.35. The van der Waals surface area contributed by atoms with Crippen LogP contribution in [0.15, 0.2) is 0 Å². The highest BCUT2D eigenvalue weighted by molar-refractivity contribution is 7.98. The molecule has 120 valence electrons. The first-order valence-electron chi connectivity index (χ1n) is 7.49. The fourth-order valence-electron chi connectivity index (χ4n) is 1.91. The Morgan fingerprint density at radius 1 is 1.20 bits per heavy atom. The highest BCUT2D eigenvalue weighted by Gasteiger charge is 2.29. The fraction of sp³-hybridized carbons (Fsp3) is 0.933. The summed E-state index contributed by atoms with van der Waals surface area (Å²) in [4.78, 5) is 12.0. The summed E-state index contributed by atoms with van der Waals surface area (Å²) in [7, 11) is 0. The van der Waals surface area contributed by atoms with Gasteiger partial charge in [0.2, 0.25) is 0 Å². The summed E-state index contributed by atoms with van der Waals surface area (Å²) < 4.78 is 5.36. The number of nitrogens with one attached hydrogen (secondary N) is 2. The Bertz CT molecular complexity index is 274. The summed E-state index contributed by atoms with van der Waals surface area (Å²) in [5.41, 5.74) is -0.676. The molecule has 0 saturated heterocycles. The van der Waals surface area contributed by atoms with Crippen molar-refractivity contribution in [1.29, 1.82) is 0 Å². The third-order valence-corrected chi connectivity index (χ3v) is 3.98. The fourth-order valence-corrected chi connectivity index (χ4v) is 2.34. The number of amides is 1. The molecule has 0 rings (SSSR count). The zero-order chi connectivity index (χ0) is 15.6. The molecule has 0 aliphatic rings. The summed E-state index contributed by atoms with van der Waals surface area (Å²) in [5, 5.41) is 6.50. The van der Waals surface area contributed by atoms with Crippen molar-refractivity contribution in [3.05, 3.63) is 0 Å². The third-order valence-electron chi connectivity index (χ3n) is 3.29. The molecule has 2 N–H and O–H groups in total. The van der Waals surface area contributed by atoms with Crippen LogP contribution >= 0.6 is 11.8 Å². The summed E-state index contributed by atoms with van der Waals surface area (Å²) in [6.45, 7) is 11.6. The molecular weight excluding hydrogens is 272 g/mol. The van der Waals surface area contributed by atoms with E-state index in [1.54, 1.807) is 0 Å². The van der Waals surface area contributed by atoms with Crippen molar-refractivity contribution < 1.29 is 9.53 Å². The second-order valence-electron chi connectivity index (χ2n) is 6.14. The minimum absolute atomic E-state index is 0.221. The highest BCUT2D eigenvalue weighted by Crippen LogP contribution is 2.16. The quantitative estimate of drug-likeness (QED) is 0.641. The molecule has 4 nitrogen and oxygen atoms in total. The van der Waals surface area contributed by atoms with Crippen molar-refractivity contribution in [2.24, 2.45) is 0 Å². The first-order chi connectivity index (χ1) is 9.28. The third kappa shape index (κ3) is 8.69. The van der Waals surface area contributed by atoms with Crippen molar-refractivity contribution >= 4 is 17.9 Å². The van der Waals surface area contributed by atoms with Crippen LogP contribution in [0.25, 0.3) is 0 Å². The lowest BCUT2D eigenvalue weighted by atomic mass is 9.93. The van der Waals surface area contributed by atoms with E-state index >= 15 is 0 Å². The number of carbonyl (C=O) groups excluding carboxylic acids is 1. The molecule has 1 amide bonds. The molecule has 0 aromatic carbocycles. The van der Waals surface area contributed by atoms with E-state index in [1.165, 1.54) is 0 Å². The molecule has 0 radical (unpaired) electrons. The van der Waals surface area contributed by atoms with Crippen LogP contribution in [0.4, 0.5) is 4.79 Å². The molecular formula is C15H32N2O2S. The smallest absolute Gasteiger partial charge is 0.408 e. The van der Waals surface area contributed by atoms with Gasteiger partial charge in [0, 0.05) is 6.54 Å². The minimum atomic E-state index is -0.455. The molecule has 0 bridgehead atoms. The lowest BCUT2D eigenvalue weighted by Gasteiger charge is -2.34. The average molecular weight is 305 g/mol. The van der Waals surface area contributed by atoms with Crippen LogP contribution in [-0.4, -0.2) is 42.3 Å². The molecule has 0 aliphatic heterocycles. The summed E-state index contributed by atoms with van der Waals surface area (Å²) >= 11 is 1.86. The first kappa shape index (κ1) is 19.6. The predicted molar refractivity (Wildman–Crippen MR) is 88.6 cm³/mol. The Morgan fingerprint density at radius 3 is 2.25 bits per heavy atom. The van der Waals surface area contributed by atoms with E-state index in [9.17, 15) is 4.79 Å². The van der Waals surface area contributed by atoms with Gasteiger partial charge in [0.1, 0.15) is 5.60 Å². The van der Waals surface area contributed by atoms with Crippen LogP contribution in [0.5, 0.6) is 0 Å². The number of carbonyl (C=O) groups is 1. The minimum Gasteiger partial charge on any atom is -0.444 e. The Labute approximate surface area is 128 Å². The number of rotatable bonds is 9. The molecule has 0 unspecified atom stereocenters. The number of hydrogen-bond acceptors (Lipinski definition) is 4. The van der Waals surface area contributed by atoms with Gasteiger partial charge in [0.15, 0.2) is 0 Å². The molecule has 0 saturated carbocycles. The first-order valence-corrected chi connectivity index (χ1v) is 8.89. The van der Waals surface area contributed by atoms with Crippen LogP contribution in [0.1, 0.15) is 53.9 Å². The zero-order valence-electron chi connectivity index (χ0n) is 14.0. The van der Waals surface area contributed by atoms with Gasteiger partial charge in [-0.2, -0.15) is 11.8 Å². The van der Waals surface area contributed by atoms with Gasteiger partial charge < -0.3 is 15.4 Å². The van der Waals surface area contributed by atoms with Crippen molar-refractivity contribution in [3.63, 3.8) is 0 Å². The largest absolute Gasteiger partial charge is 0.444 e. The van der Waals surface area contributed by atoms with Crippen molar-refractivity contribution in [1.82, 2.24) is 10.6 Å². The van der Waals surface area contributed by atoms with Gasteiger partial charge in [-0.1, -0.05) is 13.8 Å². The van der Waals surface area contributed by atoms with Gasteiger partial charge in [-0.15, -0.1) is 0 Å². The van der Waals surface area contributed by atoms with Gasteiger partial charge in [-0.25, -0.2) is 4.79 Å². The standard InChI is InChI=1S/C15H32N2O2S/c1-7-15(8-2,12-16-10-9-11-20-6)17-13(18)19-14(3,4)5/h16H,7-12H2,1-6H3,(H,17,18). The molecule has 0 aromatic rings. The Morgan fingerprint density at radius 2 is 1.80 bits per heavy atom.